The predicted octanol–water partition coefficient (Wildman–Crippen LogP) is 1.99. The fourth-order valence-corrected chi connectivity index (χ4v) is 1.39. The number of aryl methyl sites for hydroxylation is 1. The molecule has 0 aliphatic carbocycles. The van der Waals surface area contributed by atoms with Gasteiger partial charge in [0.25, 0.3) is 0 Å². The van der Waals surface area contributed by atoms with Crippen molar-refractivity contribution < 1.29 is 14.7 Å². The smallest absolute Gasteiger partial charge is 0.315 e. The van der Waals surface area contributed by atoms with Crippen molar-refractivity contribution in [3.8, 4) is 0 Å². The van der Waals surface area contributed by atoms with Crippen molar-refractivity contribution in [2.75, 3.05) is 0 Å². The van der Waals surface area contributed by atoms with E-state index in [-0.39, 0.29) is 0 Å². The Kier molecular flexibility index (Phi) is 4.52. The van der Waals surface area contributed by atoms with E-state index >= 15 is 0 Å². The first kappa shape index (κ1) is 13.5. The summed E-state index contributed by atoms with van der Waals surface area (Å²) in [4.78, 5) is 22.0. The molecule has 1 amide bonds. The van der Waals surface area contributed by atoms with Crippen LogP contribution in [0.2, 0.25) is 5.02 Å². The van der Waals surface area contributed by atoms with Gasteiger partial charge in [-0.25, -0.2) is 0 Å². The van der Waals surface area contributed by atoms with E-state index in [0.29, 0.717) is 11.6 Å². The van der Waals surface area contributed by atoms with Gasteiger partial charge in [-0.15, -0.1) is 0 Å². The van der Waals surface area contributed by atoms with Crippen LogP contribution in [0.15, 0.2) is 18.2 Å². The molecule has 0 radical (unpaired) electrons. The Morgan fingerprint density at radius 1 is 1.47 bits per heavy atom. The third-order valence-corrected chi connectivity index (χ3v) is 2.88. The zero-order valence-corrected chi connectivity index (χ0v) is 10.4. The van der Waals surface area contributed by atoms with Crippen LogP contribution in [0, 0.1) is 12.8 Å². The van der Waals surface area contributed by atoms with Crippen LogP contribution in [-0.4, -0.2) is 17.0 Å². The van der Waals surface area contributed by atoms with E-state index in [4.69, 9.17) is 16.7 Å². The average Bonchev–Trinajstić information content (AvgIpc) is 2.29. The monoisotopic (exact) mass is 255 g/mol. The molecule has 0 aromatic heterocycles. The van der Waals surface area contributed by atoms with Crippen LogP contribution >= 0.6 is 11.6 Å². The molecule has 1 atom stereocenters. The molecule has 0 heterocycles. The van der Waals surface area contributed by atoms with E-state index in [1.807, 2.05) is 13.0 Å². The standard InChI is InChI=1S/C12H14ClNO3/c1-7-5-9(3-4-10(7)13)6-14-11(15)8(2)12(16)17/h3-5,8H,6H2,1-2H3,(H,14,15)(H,16,17). The largest absolute Gasteiger partial charge is 0.481 e. The number of aliphatic carboxylic acids is 1. The molecule has 0 bridgehead atoms. The number of amides is 1. The lowest BCUT2D eigenvalue weighted by Crippen LogP contribution is -2.33. The Bertz CT molecular complexity index is 445. The highest BCUT2D eigenvalue weighted by atomic mass is 35.5. The van der Waals surface area contributed by atoms with Gasteiger partial charge in [-0.1, -0.05) is 23.7 Å². The predicted molar refractivity (Wildman–Crippen MR) is 64.8 cm³/mol. The number of carboxylic acid groups (broad SMARTS) is 1. The van der Waals surface area contributed by atoms with Crippen LogP contribution in [0.3, 0.4) is 0 Å². The molecule has 1 unspecified atom stereocenters. The highest BCUT2D eigenvalue weighted by Crippen LogP contribution is 2.16. The fourth-order valence-electron chi connectivity index (χ4n) is 1.27. The Labute approximate surface area is 105 Å². The molecule has 1 aromatic carbocycles. The highest BCUT2D eigenvalue weighted by molar-refractivity contribution is 6.31. The molecule has 0 aliphatic heterocycles. The number of carbonyl (C=O) groups excluding carboxylic acids is 1. The van der Waals surface area contributed by atoms with Crippen molar-refractivity contribution >= 4 is 23.5 Å². The summed E-state index contributed by atoms with van der Waals surface area (Å²) >= 11 is 5.87. The maximum Gasteiger partial charge on any atom is 0.315 e. The summed E-state index contributed by atoms with van der Waals surface area (Å²) in [7, 11) is 0. The van der Waals surface area contributed by atoms with Crippen LogP contribution in [0.5, 0.6) is 0 Å². The van der Waals surface area contributed by atoms with Gasteiger partial charge >= 0.3 is 5.97 Å². The number of halogens is 1. The molecular weight excluding hydrogens is 242 g/mol. The minimum atomic E-state index is -1.13. The molecule has 0 aliphatic rings. The van der Waals surface area contributed by atoms with Crippen molar-refractivity contribution in [3.63, 3.8) is 0 Å². The van der Waals surface area contributed by atoms with Gasteiger partial charge in [-0.3, -0.25) is 9.59 Å². The molecule has 92 valence electrons. The summed E-state index contributed by atoms with van der Waals surface area (Å²) in [6.07, 6.45) is 0. The molecule has 1 aromatic rings. The molecule has 0 saturated carbocycles. The second kappa shape index (κ2) is 5.68. The van der Waals surface area contributed by atoms with Crippen molar-refractivity contribution in [3.05, 3.63) is 34.3 Å². The second-order valence-corrected chi connectivity index (χ2v) is 4.27. The summed E-state index contributed by atoms with van der Waals surface area (Å²) in [5, 5.41) is 11.9. The first-order valence-electron chi connectivity index (χ1n) is 5.17. The topological polar surface area (TPSA) is 66.4 Å². The zero-order valence-electron chi connectivity index (χ0n) is 9.66. The molecular formula is C12H14ClNO3. The molecule has 17 heavy (non-hydrogen) atoms. The summed E-state index contributed by atoms with van der Waals surface area (Å²) in [6, 6.07) is 5.40. The van der Waals surface area contributed by atoms with Gasteiger partial charge in [0.05, 0.1) is 0 Å². The van der Waals surface area contributed by atoms with E-state index in [9.17, 15) is 9.59 Å². The summed E-state index contributed by atoms with van der Waals surface area (Å²) < 4.78 is 0. The molecule has 1 rings (SSSR count). The maximum absolute atomic E-state index is 11.4. The lowest BCUT2D eigenvalue weighted by Gasteiger charge is -2.09. The van der Waals surface area contributed by atoms with Crippen LogP contribution in [-0.2, 0) is 16.1 Å². The lowest BCUT2D eigenvalue weighted by atomic mass is 10.1. The summed E-state index contributed by atoms with van der Waals surface area (Å²) in [6.45, 7) is 3.52. The fraction of sp³-hybridized carbons (Fsp3) is 0.333. The van der Waals surface area contributed by atoms with E-state index in [1.54, 1.807) is 12.1 Å². The lowest BCUT2D eigenvalue weighted by molar-refractivity contribution is -0.146. The van der Waals surface area contributed by atoms with Crippen LogP contribution in [0.4, 0.5) is 0 Å². The molecule has 0 spiro atoms. The van der Waals surface area contributed by atoms with Crippen LogP contribution < -0.4 is 5.32 Å². The number of rotatable bonds is 4. The van der Waals surface area contributed by atoms with Crippen molar-refractivity contribution in [2.45, 2.75) is 20.4 Å². The van der Waals surface area contributed by atoms with Gasteiger partial charge < -0.3 is 10.4 Å². The molecule has 2 N–H and O–H groups in total. The van der Waals surface area contributed by atoms with Gasteiger partial charge in [0.2, 0.25) is 5.91 Å². The molecule has 0 fully saturated rings. The SMILES string of the molecule is Cc1cc(CNC(=O)C(C)C(=O)O)ccc1Cl. The number of benzene rings is 1. The molecule has 0 saturated heterocycles. The van der Waals surface area contributed by atoms with Crippen molar-refractivity contribution in [2.24, 2.45) is 5.92 Å². The third kappa shape index (κ3) is 3.75. The van der Waals surface area contributed by atoms with Gasteiger partial charge in [0.1, 0.15) is 5.92 Å². The van der Waals surface area contributed by atoms with E-state index in [2.05, 4.69) is 5.32 Å². The highest BCUT2D eigenvalue weighted by Gasteiger charge is 2.19. The van der Waals surface area contributed by atoms with Gasteiger partial charge in [-0.2, -0.15) is 0 Å². The van der Waals surface area contributed by atoms with E-state index in [1.165, 1.54) is 6.92 Å². The van der Waals surface area contributed by atoms with Gasteiger partial charge in [0.15, 0.2) is 0 Å². The quantitative estimate of drug-likeness (QED) is 0.809. The number of carboxylic acids is 1. The van der Waals surface area contributed by atoms with E-state index < -0.39 is 17.8 Å². The minimum absolute atomic E-state index is 0.300. The number of nitrogens with one attached hydrogen (secondary N) is 1. The van der Waals surface area contributed by atoms with Gasteiger partial charge in [-0.05, 0) is 31.0 Å². The van der Waals surface area contributed by atoms with Crippen LogP contribution in [0.25, 0.3) is 0 Å². The average molecular weight is 256 g/mol. The Morgan fingerprint density at radius 3 is 2.65 bits per heavy atom. The summed E-state index contributed by atoms with van der Waals surface area (Å²) in [5.74, 6) is -2.66. The van der Waals surface area contributed by atoms with Gasteiger partial charge in [0, 0.05) is 11.6 Å². The van der Waals surface area contributed by atoms with Crippen LogP contribution in [0.1, 0.15) is 18.1 Å². The minimum Gasteiger partial charge on any atom is -0.481 e. The maximum atomic E-state index is 11.4. The Hall–Kier alpha value is -1.55. The first-order valence-corrected chi connectivity index (χ1v) is 5.55. The molecule has 5 heteroatoms. The van der Waals surface area contributed by atoms with Crippen molar-refractivity contribution in [1.82, 2.24) is 5.32 Å². The number of hydrogen-bond acceptors (Lipinski definition) is 2. The Balaban J connectivity index is 2.59. The Morgan fingerprint density at radius 2 is 2.12 bits per heavy atom. The first-order chi connectivity index (χ1) is 7.91. The number of hydrogen-bond donors (Lipinski definition) is 2. The third-order valence-electron chi connectivity index (χ3n) is 2.45. The second-order valence-electron chi connectivity index (χ2n) is 3.86. The van der Waals surface area contributed by atoms with E-state index in [0.717, 1.165) is 11.1 Å². The normalized spacial score (nSPS) is 11.9. The molecule has 4 nitrogen and oxygen atoms in total. The van der Waals surface area contributed by atoms with Crippen molar-refractivity contribution in [1.29, 1.82) is 0 Å². The number of carbonyl (C=O) groups is 2. The summed E-state index contributed by atoms with van der Waals surface area (Å²) in [5.41, 5.74) is 1.81. The zero-order chi connectivity index (χ0) is 13.0.